The van der Waals surface area contributed by atoms with Gasteiger partial charge in [-0.3, -0.25) is 9.59 Å². The van der Waals surface area contributed by atoms with Crippen LogP contribution in [0.2, 0.25) is 0 Å². The molecule has 0 bridgehead atoms. The first-order chi connectivity index (χ1) is 11.7. The van der Waals surface area contributed by atoms with Crippen LogP contribution in [0.15, 0.2) is 22.6 Å². The number of hydrogen-bond acceptors (Lipinski definition) is 4. The maximum Gasteiger partial charge on any atom is 0.228 e. The van der Waals surface area contributed by atoms with Gasteiger partial charge in [-0.25, -0.2) is 4.98 Å². The van der Waals surface area contributed by atoms with E-state index in [1.807, 2.05) is 55.7 Å². The average molecular weight is 343 g/mol. The summed E-state index contributed by atoms with van der Waals surface area (Å²) in [6, 6.07) is 5.68. The number of nitrogens with zero attached hydrogens (tertiary/aromatic N) is 3. The number of amides is 2. The number of hydrogen-bond donors (Lipinski definition) is 0. The largest absolute Gasteiger partial charge is 0.441 e. The zero-order chi connectivity index (χ0) is 18.2. The smallest absolute Gasteiger partial charge is 0.228 e. The number of oxazole rings is 1. The van der Waals surface area contributed by atoms with Crippen LogP contribution in [0.5, 0.6) is 0 Å². The Morgan fingerprint density at radius 2 is 1.76 bits per heavy atom. The first kappa shape index (κ1) is 17.5. The molecule has 1 saturated heterocycles. The molecule has 0 spiro atoms. The highest BCUT2D eigenvalue weighted by atomic mass is 16.3. The van der Waals surface area contributed by atoms with Gasteiger partial charge in [0.2, 0.25) is 11.8 Å². The summed E-state index contributed by atoms with van der Waals surface area (Å²) in [4.78, 5) is 32.8. The van der Waals surface area contributed by atoms with Crippen LogP contribution in [0.4, 0.5) is 0 Å². The van der Waals surface area contributed by atoms with Gasteiger partial charge in [-0.15, -0.1) is 0 Å². The molecule has 1 aromatic carbocycles. The van der Waals surface area contributed by atoms with Crippen molar-refractivity contribution in [1.82, 2.24) is 14.8 Å². The predicted molar refractivity (Wildman–Crippen MR) is 95.1 cm³/mol. The Bertz CT molecular complexity index is 796. The Morgan fingerprint density at radius 3 is 2.40 bits per heavy atom. The molecule has 0 atom stereocenters. The Hall–Kier alpha value is -2.37. The maximum absolute atomic E-state index is 12.6. The van der Waals surface area contributed by atoms with Crippen molar-refractivity contribution >= 4 is 22.9 Å². The second-order valence-electron chi connectivity index (χ2n) is 7.63. The van der Waals surface area contributed by atoms with Crippen LogP contribution in [-0.4, -0.2) is 52.8 Å². The van der Waals surface area contributed by atoms with Crippen molar-refractivity contribution in [3.63, 3.8) is 0 Å². The summed E-state index contributed by atoms with van der Waals surface area (Å²) < 4.78 is 5.53. The van der Waals surface area contributed by atoms with Crippen LogP contribution in [0.25, 0.3) is 11.1 Å². The number of aryl methyl sites for hydroxylation is 1. The number of fused-ring (bicyclic) bond motifs is 1. The second kappa shape index (κ2) is 6.50. The highest BCUT2D eigenvalue weighted by Crippen LogP contribution is 2.20. The molecular formula is C19H25N3O3. The van der Waals surface area contributed by atoms with E-state index < -0.39 is 0 Å². The minimum Gasteiger partial charge on any atom is -0.441 e. The molecule has 6 nitrogen and oxygen atoms in total. The molecule has 6 heteroatoms. The Labute approximate surface area is 147 Å². The van der Waals surface area contributed by atoms with Gasteiger partial charge in [-0.05, 0) is 17.7 Å². The fourth-order valence-corrected chi connectivity index (χ4v) is 3.11. The van der Waals surface area contributed by atoms with E-state index in [0.717, 1.165) is 11.1 Å². The van der Waals surface area contributed by atoms with Crippen LogP contribution in [-0.2, 0) is 16.0 Å². The van der Waals surface area contributed by atoms with E-state index in [9.17, 15) is 9.59 Å². The predicted octanol–water partition coefficient (Wildman–Crippen LogP) is 2.40. The molecule has 0 aliphatic carbocycles. The summed E-state index contributed by atoms with van der Waals surface area (Å²) in [5, 5.41) is 0. The van der Waals surface area contributed by atoms with Gasteiger partial charge < -0.3 is 14.2 Å². The van der Waals surface area contributed by atoms with Crippen molar-refractivity contribution in [2.75, 3.05) is 26.2 Å². The molecule has 3 rings (SSSR count). The van der Waals surface area contributed by atoms with Crippen LogP contribution in [0.1, 0.15) is 32.2 Å². The van der Waals surface area contributed by atoms with Crippen molar-refractivity contribution in [1.29, 1.82) is 0 Å². The highest BCUT2D eigenvalue weighted by molar-refractivity contribution is 5.83. The lowest BCUT2D eigenvalue weighted by Gasteiger charge is -2.37. The fourth-order valence-electron chi connectivity index (χ4n) is 3.11. The summed E-state index contributed by atoms with van der Waals surface area (Å²) in [6.07, 6.45) is 0.336. The minimum absolute atomic E-state index is 0.0819. The molecule has 1 aliphatic heterocycles. The number of carbonyl (C=O) groups excluding carboxylic acids is 2. The third-order valence-corrected chi connectivity index (χ3v) is 4.48. The molecule has 134 valence electrons. The molecule has 1 aromatic heterocycles. The monoisotopic (exact) mass is 343 g/mol. The third kappa shape index (κ3) is 3.83. The van der Waals surface area contributed by atoms with Gasteiger partial charge >= 0.3 is 0 Å². The zero-order valence-electron chi connectivity index (χ0n) is 15.3. The second-order valence-corrected chi connectivity index (χ2v) is 7.63. The lowest BCUT2D eigenvalue weighted by molar-refractivity contribution is -0.144. The van der Waals surface area contributed by atoms with Crippen molar-refractivity contribution in [3.05, 3.63) is 29.7 Å². The fraction of sp³-hybridized carbons (Fsp3) is 0.526. The van der Waals surface area contributed by atoms with Gasteiger partial charge in [0.1, 0.15) is 5.52 Å². The summed E-state index contributed by atoms with van der Waals surface area (Å²) in [7, 11) is 0. The first-order valence-electron chi connectivity index (χ1n) is 8.67. The first-order valence-corrected chi connectivity index (χ1v) is 8.67. The molecule has 2 heterocycles. The Morgan fingerprint density at radius 1 is 1.12 bits per heavy atom. The van der Waals surface area contributed by atoms with E-state index in [2.05, 4.69) is 4.98 Å². The number of carbonyl (C=O) groups is 2. The van der Waals surface area contributed by atoms with Crippen molar-refractivity contribution in [2.45, 2.75) is 34.1 Å². The van der Waals surface area contributed by atoms with E-state index in [-0.39, 0.29) is 17.2 Å². The van der Waals surface area contributed by atoms with E-state index in [0.29, 0.717) is 44.1 Å². The molecule has 1 fully saturated rings. The normalized spacial score (nSPS) is 15.7. The van der Waals surface area contributed by atoms with Gasteiger partial charge in [0, 0.05) is 38.5 Å². The topological polar surface area (TPSA) is 66.7 Å². The van der Waals surface area contributed by atoms with E-state index in [4.69, 9.17) is 4.42 Å². The Balaban J connectivity index is 1.59. The Kier molecular flexibility index (Phi) is 4.54. The quantitative estimate of drug-likeness (QED) is 0.840. The van der Waals surface area contributed by atoms with E-state index in [1.165, 1.54) is 0 Å². The third-order valence-electron chi connectivity index (χ3n) is 4.48. The summed E-state index contributed by atoms with van der Waals surface area (Å²) in [6.45, 7) is 9.96. The van der Waals surface area contributed by atoms with Crippen LogP contribution in [0.3, 0.4) is 0 Å². The number of benzene rings is 1. The summed E-state index contributed by atoms with van der Waals surface area (Å²) >= 11 is 0. The van der Waals surface area contributed by atoms with Gasteiger partial charge in [0.05, 0.1) is 6.42 Å². The number of aromatic nitrogens is 1. The highest BCUT2D eigenvalue weighted by Gasteiger charge is 2.30. The zero-order valence-corrected chi connectivity index (χ0v) is 15.3. The van der Waals surface area contributed by atoms with Crippen LogP contribution < -0.4 is 0 Å². The van der Waals surface area contributed by atoms with Crippen LogP contribution >= 0.6 is 0 Å². The van der Waals surface area contributed by atoms with Gasteiger partial charge in [-0.1, -0.05) is 26.8 Å². The molecule has 0 N–H and O–H groups in total. The van der Waals surface area contributed by atoms with Crippen molar-refractivity contribution < 1.29 is 14.0 Å². The van der Waals surface area contributed by atoms with Crippen LogP contribution in [0, 0.1) is 12.3 Å². The SMILES string of the molecule is Cc1nc2ccc(CC(=O)N3CCN(C(=O)C(C)(C)C)CC3)cc2o1. The van der Waals surface area contributed by atoms with Gasteiger partial charge in [-0.2, -0.15) is 0 Å². The molecule has 2 aromatic rings. The number of rotatable bonds is 2. The number of piperazine rings is 1. The molecule has 1 aliphatic rings. The molecule has 2 amide bonds. The lowest BCUT2D eigenvalue weighted by Crippen LogP contribution is -2.53. The standard InChI is InChI=1S/C19H25N3O3/c1-13-20-15-6-5-14(11-16(15)25-13)12-17(23)21-7-9-22(10-8-21)18(24)19(2,3)4/h5-6,11H,7-10,12H2,1-4H3. The van der Waals surface area contributed by atoms with E-state index >= 15 is 0 Å². The van der Waals surface area contributed by atoms with Crippen molar-refractivity contribution in [2.24, 2.45) is 5.41 Å². The van der Waals surface area contributed by atoms with E-state index in [1.54, 1.807) is 0 Å². The van der Waals surface area contributed by atoms with Gasteiger partial charge in [0.25, 0.3) is 0 Å². The summed E-state index contributed by atoms with van der Waals surface area (Å²) in [5.74, 6) is 0.849. The molecule has 25 heavy (non-hydrogen) atoms. The molecule has 0 radical (unpaired) electrons. The molecule has 0 unspecified atom stereocenters. The maximum atomic E-state index is 12.6. The minimum atomic E-state index is -0.378. The van der Waals surface area contributed by atoms with Crippen molar-refractivity contribution in [3.8, 4) is 0 Å². The summed E-state index contributed by atoms with van der Waals surface area (Å²) in [5.41, 5.74) is 2.06. The lowest BCUT2D eigenvalue weighted by atomic mass is 9.94. The average Bonchev–Trinajstić information content (AvgIpc) is 2.92. The molecular weight excluding hydrogens is 318 g/mol. The molecule has 0 saturated carbocycles. The van der Waals surface area contributed by atoms with Gasteiger partial charge in [0.15, 0.2) is 11.5 Å².